The van der Waals surface area contributed by atoms with Crippen molar-refractivity contribution in [2.75, 3.05) is 12.4 Å². The zero-order valence-corrected chi connectivity index (χ0v) is 21.0. The molecule has 0 saturated heterocycles. The number of carbonyl (C=O) groups is 3. The number of nitrogens with one attached hydrogen (secondary N) is 4. The summed E-state index contributed by atoms with van der Waals surface area (Å²) in [6.07, 6.45) is -2.54. The molecule has 5 N–H and O–H groups in total. The molecule has 0 aliphatic rings. The van der Waals surface area contributed by atoms with Crippen LogP contribution in [0, 0.1) is 5.82 Å². The van der Waals surface area contributed by atoms with Crippen molar-refractivity contribution in [1.29, 1.82) is 0 Å². The van der Waals surface area contributed by atoms with Crippen LogP contribution in [0.1, 0.15) is 30.7 Å². The van der Waals surface area contributed by atoms with Gasteiger partial charge in [0.25, 0.3) is 5.56 Å². The maximum Gasteiger partial charge on any atom is 0.405 e. The summed E-state index contributed by atoms with van der Waals surface area (Å²) < 4.78 is 53.1. The molecule has 0 fully saturated rings. The van der Waals surface area contributed by atoms with E-state index in [0.29, 0.717) is 0 Å². The van der Waals surface area contributed by atoms with Crippen molar-refractivity contribution in [3.05, 3.63) is 64.4 Å². The Morgan fingerprint density at radius 3 is 2.67 bits per heavy atom. The van der Waals surface area contributed by atoms with Crippen molar-refractivity contribution in [1.82, 2.24) is 30.2 Å². The lowest BCUT2D eigenvalue weighted by Gasteiger charge is -2.16. The van der Waals surface area contributed by atoms with Crippen LogP contribution in [0.2, 0.25) is 0 Å². The fourth-order valence-corrected chi connectivity index (χ4v) is 3.73. The van der Waals surface area contributed by atoms with Crippen LogP contribution < -0.4 is 21.5 Å². The molecule has 1 aromatic carbocycles. The number of aromatic nitrogens is 4. The fraction of sp³-hybridized carbons (Fsp3) is 0.333. The summed E-state index contributed by atoms with van der Waals surface area (Å²) in [5.41, 5.74) is -0.677. The van der Waals surface area contributed by atoms with Gasteiger partial charge in [-0.2, -0.15) is 13.2 Å². The number of likely N-dealkylation sites (N-methyl/N-ethyl adjacent to an activating group) is 1. The van der Waals surface area contributed by atoms with Crippen LogP contribution in [0.25, 0.3) is 11.0 Å². The predicted octanol–water partition coefficient (Wildman–Crippen LogP) is 2.46. The molecule has 40 heavy (non-hydrogen) atoms. The van der Waals surface area contributed by atoms with Gasteiger partial charge in [0.2, 0.25) is 11.8 Å². The highest BCUT2D eigenvalue weighted by atomic mass is 19.4. The minimum atomic E-state index is -4.44. The van der Waals surface area contributed by atoms with Gasteiger partial charge >= 0.3 is 12.3 Å². The van der Waals surface area contributed by atoms with Gasteiger partial charge < -0.3 is 26.0 Å². The summed E-state index contributed by atoms with van der Waals surface area (Å²) in [6, 6.07) is 0.764. The van der Waals surface area contributed by atoms with Gasteiger partial charge in [-0.1, -0.05) is 6.08 Å². The second-order valence-electron chi connectivity index (χ2n) is 8.58. The molecule has 3 rings (SSSR count). The average molecular weight is 568 g/mol. The maximum absolute atomic E-state index is 14.0. The van der Waals surface area contributed by atoms with Crippen LogP contribution in [0.15, 0.2) is 41.6 Å². The molecule has 0 aliphatic heterocycles. The molecule has 0 aliphatic carbocycles. The zero-order chi connectivity index (χ0) is 29.4. The van der Waals surface area contributed by atoms with E-state index in [-0.39, 0.29) is 53.4 Å². The number of hydrogen-bond donors (Lipinski definition) is 5. The molecule has 2 aromatic heterocycles. The Morgan fingerprint density at radius 2 is 2.00 bits per heavy atom. The van der Waals surface area contributed by atoms with E-state index in [2.05, 4.69) is 25.6 Å². The van der Waals surface area contributed by atoms with Crippen molar-refractivity contribution in [2.45, 2.75) is 44.4 Å². The summed E-state index contributed by atoms with van der Waals surface area (Å²) >= 11 is 0. The predicted molar refractivity (Wildman–Crippen MR) is 134 cm³/mol. The number of aromatic amines is 1. The van der Waals surface area contributed by atoms with E-state index in [4.69, 9.17) is 5.11 Å². The number of aryl methyl sites for hydroxylation is 1. The van der Waals surface area contributed by atoms with Crippen molar-refractivity contribution >= 4 is 34.6 Å². The van der Waals surface area contributed by atoms with Gasteiger partial charge in [-0.15, -0.1) is 0 Å². The molecule has 3 aromatic rings. The number of H-pyrrole nitrogens is 1. The van der Waals surface area contributed by atoms with Gasteiger partial charge in [0.1, 0.15) is 23.4 Å². The lowest BCUT2D eigenvalue weighted by molar-refractivity contribution is -0.134. The number of benzene rings is 1. The highest BCUT2D eigenvalue weighted by Gasteiger charge is 2.27. The van der Waals surface area contributed by atoms with Crippen molar-refractivity contribution in [2.24, 2.45) is 0 Å². The van der Waals surface area contributed by atoms with Crippen LogP contribution in [-0.2, 0) is 22.6 Å². The second kappa shape index (κ2) is 12.9. The first-order valence-electron chi connectivity index (χ1n) is 11.8. The zero-order valence-electron chi connectivity index (χ0n) is 21.0. The highest BCUT2D eigenvalue weighted by molar-refractivity contribution is 5.96. The number of carbonyl (C=O) groups excluding carboxylic acids is 2. The summed E-state index contributed by atoms with van der Waals surface area (Å²) in [7, 11) is 1.43. The molecular weight excluding hydrogens is 542 g/mol. The molecule has 0 spiro atoms. The van der Waals surface area contributed by atoms with Crippen LogP contribution in [-0.4, -0.2) is 61.8 Å². The number of allylic oxidation sites excluding steroid dienone is 1. The van der Waals surface area contributed by atoms with E-state index in [1.165, 1.54) is 19.2 Å². The normalized spacial score (nSPS) is 12.4. The monoisotopic (exact) mass is 567 g/mol. The molecule has 16 heteroatoms. The summed E-state index contributed by atoms with van der Waals surface area (Å²) in [5.74, 6) is -1.87. The Bertz CT molecular complexity index is 1480. The third-order valence-electron chi connectivity index (χ3n) is 5.60. The summed E-state index contributed by atoms with van der Waals surface area (Å²) in [5, 5.41) is 15.8. The number of fused-ring (bicyclic) bond motifs is 1. The van der Waals surface area contributed by atoms with Gasteiger partial charge in [0.05, 0.1) is 30.1 Å². The number of alkyl halides is 3. The lowest BCUT2D eigenvalue weighted by Crippen LogP contribution is -2.44. The third-order valence-corrected chi connectivity index (χ3v) is 5.60. The van der Waals surface area contributed by atoms with Crippen molar-refractivity contribution in [3.63, 3.8) is 0 Å². The molecule has 1 atom stereocenters. The first-order valence-corrected chi connectivity index (χ1v) is 11.8. The Kier molecular flexibility index (Phi) is 9.58. The Hall–Kier alpha value is -4.76. The molecule has 0 unspecified atom stereocenters. The molecule has 2 heterocycles. The van der Waals surface area contributed by atoms with Gasteiger partial charge in [0.15, 0.2) is 0 Å². The van der Waals surface area contributed by atoms with Gasteiger partial charge in [-0.05, 0) is 37.0 Å². The molecule has 0 radical (unpaired) electrons. The molecule has 3 amide bonds. The molecule has 214 valence electrons. The number of nitrogens with zero attached hydrogens (tertiary/aromatic N) is 3. The summed E-state index contributed by atoms with van der Waals surface area (Å²) in [4.78, 5) is 59.0. The van der Waals surface area contributed by atoms with E-state index in [9.17, 15) is 36.7 Å². The van der Waals surface area contributed by atoms with Crippen LogP contribution >= 0.6 is 0 Å². The minimum absolute atomic E-state index is 0.0215. The van der Waals surface area contributed by atoms with Crippen LogP contribution in [0.3, 0.4) is 0 Å². The lowest BCUT2D eigenvalue weighted by atomic mass is 10.1. The maximum atomic E-state index is 14.0. The van der Waals surface area contributed by atoms with E-state index in [1.54, 1.807) is 0 Å². The number of hydrogen-bond acceptors (Lipinski definition) is 6. The largest absolute Gasteiger partial charge is 0.465 e. The van der Waals surface area contributed by atoms with Crippen molar-refractivity contribution < 1.29 is 37.1 Å². The first-order chi connectivity index (χ1) is 18.9. The number of halogens is 4. The molecule has 0 saturated carbocycles. The Morgan fingerprint density at radius 1 is 1.25 bits per heavy atom. The van der Waals surface area contributed by atoms with E-state index in [1.807, 2.05) is 5.32 Å². The first kappa shape index (κ1) is 29.8. The van der Waals surface area contributed by atoms with Crippen molar-refractivity contribution in [3.8, 4) is 0 Å². The third kappa shape index (κ3) is 8.37. The Labute approximate surface area is 223 Å². The quantitative estimate of drug-likeness (QED) is 0.175. The summed E-state index contributed by atoms with van der Waals surface area (Å²) in [6.45, 7) is -0.244. The second-order valence-corrected chi connectivity index (χ2v) is 8.58. The molecule has 0 bridgehead atoms. The average Bonchev–Trinajstić information content (AvgIpc) is 3.28. The van der Waals surface area contributed by atoms with E-state index < -0.39 is 48.4 Å². The van der Waals surface area contributed by atoms with Gasteiger partial charge in [-0.3, -0.25) is 19.0 Å². The number of amides is 3. The number of anilines is 1. The topological polar surface area (TPSA) is 171 Å². The highest BCUT2D eigenvalue weighted by Crippen LogP contribution is 2.26. The Balaban J connectivity index is 1.78. The minimum Gasteiger partial charge on any atom is -0.465 e. The van der Waals surface area contributed by atoms with Crippen LogP contribution in [0.4, 0.5) is 28.0 Å². The van der Waals surface area contributed by atoms with Gasteiger partial charge in [-0.25, -0.2) is 19.2 Å². The number of imidazole rings is 1. The number of rotatable bonds is 11. The van der Waals surface area contributed by atoms with Crippen LogP contribution in [0.5, 0.6) is 0 Å². The fourth-order valence-electron chi connectivity index (χ4n) is 3.73. The SMILES string of the molecule is CNC(=O)/C=C/CC[C@H](NC(=O)O)C(=O)Nc1cncn(Cc2nc3cc(F)cc(CCC(F)(F)F)c3[nH]2)c1=O. The molecular formula is C24H25F4N7O5. The number of carboxylic acid groups (broad SMARTS) is 1. The van der Waals surface area contributed by atoms with E-state index >= 15 is 0 Å². The standard InChI is InChI=1S/C24H25F4N7O5/c1-29-19(36)5-3-2-4-15(33-23(39)40)21(37)32-17-10-30-12-35(22(17)38)11-18-31-16-9-14(25)8-13(20(16)34-18)6-7-24(26,27)28/h3,5,8-10,12,15,33H,2,4,6-7,11H2,1H3,(H,29,36)(H,31,34)(H,32,37)(H,39,40)/b5-3+/t15-/m0/s1. The smallest absolute Gasteiger partial charge is 0.405 e. The molecule has 12 nitrogen and oxygen atoms in total. The van der Waals surface area contributed by atoms with Gasteiger partial charge in [0, 0.05) is 19.5 Å². The van der Waals surface area contributed by atoms with E-state index in [0.717, 1.165) is 29.2 Å².